The Bertz CT molecular complexity index is 755. The SMILES string of the molecule is CC(C)CC(NC(=O)OCc1ccccc1)C(=O)NC(CO)CN1CC(=O)NC1=O. The van der Waals surface area contributed by atoms with Gasteiger partial charge in [0.15, 0.2) is 0 Å². The first-order valence-electron chi connectivity index (χ1n) is 9.75. The summed E-state index contributed by atoms with van der Waals surface area (Å²) in [5.41, 5.74) is 0.816. The predicted molar refractivity (Wildman–Crippen MR) is 107 cm³/mol. The Morgan fingerprint density at radius 3 is 2.47 bits per heavy atom. The Labute approximate surface area is 174 Å². The van der Waals surface area contributed by atoms with Gasteiger partial charge in [-0.05, 0) is 17.9 Å². The van der Waals surface area contributed by atoms with Crippen LogP contribution in [0.2, 0.25) is 0 Å². The molecule has 0 aromatic heterocycles. The van der Waals surface area contributed by atoms with E-state index in [-0.39, 0.29) is 25.6 Å². The molecular formula is C20H28N4O6. The van der Waals surface area contributed by atoms with E-state index in [1.807, 2.05) is 44.2 Å². The quantitative estimate of drug-likeness (QED) is 0.403. The van der Waals surface area contributed by atoms with Crippen molar-refractivity contribution in [1.29, 1.82) is 0 Å². The Morgan fingerprint density at radius 2 is 1.90 bits per heavy atom. The van der Waals surface area contributed by atoms with E-state index in [2.05, 4.69) is 16.0 Å². The van der Waals surface area contributed by atoms with Gasteiger partial charge >= 0.3 is 12.1 Å². The molecule has 0 radical (unpaired) electrons. The molecule has 2 unspecified atom stereocenters. The van der Waals surface area contributed by atoms with E-state index in [1.54, 1.807) is 0 Å². The lowest BCUT2D eigenvalue weighted by Crippen LogP contribution is -2.54. The molecule has 30 heavy (non-hydrogen) atoms. The topological polar surface area (TPSA) is 137 Å². The van der Waals surface area contributed by atoms with Gasteiger partial charge in [0.25, 0.3) is 0 Å². The van der Waals surface area contributed by atoms with Crippen LogP contribution < -0.4 is 16.0 Å². The summed E-state index contributed by atoms with van der Waals surface area (Å²) in [6.07, 6.45) is -0.377. The molecule has 1 aliphatic rings. The lowest BCUT2D eigenvalue weighted by molar-refractivity contribution is -0.124. The molecule has 1 saturated heterocycles. The Morgan fingerprint density at radius 1 is 1.20 bits per heavy atom. The van der Waals surface area contributed by atoms with Crippen molar-refractivity contribution >= 4 is 23.9 Å². The zero-order chi connectivity index (χ0) is 22.1. The second kappa shape index (κ2) is 11.1. The first kappa shape index (κ1) is 23.1. The van der Waals surface area contributed by atoms with Crippen LogP contribution in [0.5, 0.6) is 0 Å². The molecular weight excluding hydrogens is 392 g/mol. The Balaban J connectivity index is 1.91. The van der Waals surface area contributed by atoms with Crippen molar-refractivity contribution in [3.63, 3.8) is 0 Å². The Hall–Kier alpha value is -3.14. The van der Waals surface area contributed by atoms with Crippen molar-refractivity contribution in [2.75, 3.05) is 19.7 Å². The molecule has 0 bridgehead atoms. The van der Waals surface area contributed by atoms with Crippen molar-refractivity contribution in [2.45, 2.75) is 39.0 Å². The number of hydrogen-bond donors (Lipinski definition) is 4. The average molecular weight is 420 g/mol. The number of ether oxygens (including phenoxy) is 1. The normalized spacial score (nSPS) is 15.5. The van der Waals surface area contributed by atoms with Gasteiger partial charge in [-0.15, -0.1) is 0 Å². The van der Waals surface area contributed by atoms with Gasteiger partial charge in [-0.25, -0.2) is 9.59 Å². The second-order valence-electron chi connectivity index (χ2n) is 7.51. The molecule has 1 aromatic carbocycles. The van der Waals surface area contributed by atoms with Crippen molar-refractivity contribution in [1.82, 2.24) is 20.9 Å². The van der Waals surface area contributed by atoms with E-state index >= 15 is 0 Å². The average Bonchev–Trinajstić information content (AvgIpc) is 3.02. The number of hydrogen-bond acceptors (Lipinski definition) is 6. The van der Waals surface area contributed by atoms with Crippen LogP contribution in [-0.2, 0) is 20.9 Å². The fourth-order valence-electron chi connectivity index (χ4n) is 2.96. The zero-order valence-electron chi connectivity index (χ0n) is 17.1. The molecule has 2 rings (SSSR count). The molecule has 0 aliphatic carbocycles. The molecule has 5 amide bonds. The number of amides is 5. The molecule has 1 heterocycles. The number of aliphatic hydroxyl groups is 1. The molecule has 0 spiro atoms. The molecule has 2 atom stereocenters. The summed E-state index contributed by atoms with van der Waals surface area (Å²) in [5.74, 6) is -0.849. The molecule has 1 aliphatic heterocycles. The number of imide groups is 1. The third-order valence-corrected chi connectivity index (χ3v) is 4.40. The number of nitrogens with zero attached hydrogens (tertiary/aromatic N) is 1. The third-order valence-electron chi connectivity index (χ3n) is 4.40. The largest absolute Gasteiger partial charge is 0.445 e. The predicted octanol–water partition coefficient (Wildman–Crippen LogP) is 0.356. The van der Waals surface area contributed by atoms with Crippen LogP contribution in [0.25, 0.3) is 0 Å². The summed E-state index contributed by atoms with van der Waals surface area (Å²) in [6.45, 7) is 3.27. The van der Waals surface area contributed by atoms with Crippen LogP contribution in [0.15, 0.2) is 30.3 Å². The van der Waals surface area contributed by atoms with Gasteiger partial charge in [0.1, 0.15) is 19.2 Å². The van der Waals surface area contributed by atoms with Crippen LogP contribution in [0, 0.1) is 5.92 Å². The van der Waals surface area contributed by atoms with E-state index in [0.29, 0.717) is 6.42 Å². The number of carbonyl (C=O) groups is 4. The number of alkyl carbamates (subject to hydrolysis) is 1. The molecule has 4 N–H and O–H groups in total. The smallest absolute Gasteiger partial charge is 0.408 e. The van der Waals surface area contributed by atoms with E-state index < -0.39 is 42.6 Å². The summed E-state index contributed by atoms with van der Waals surface area (Å²) in [4.78, 5) is 49.0. The minimum absolute atomic E-state index is 0.0351. The van der Waals surface area contributed by atoms with Crippen molar-refractivity contribution in [3.05, 3.63) is 35.9 Å². The highest BCUT2D eigenvalue weighted by molar-refractivity contribution is 6.01. The fraction of sp³-hybridized carbons (Fsp3) is 0.500. The van der Waals surface area contributed by atoms with Crippen LogP contribution >= 0.6 is 0 Å². The molecule has 1 aromatic rings. The highest BCUT2D eigenvalue weighted by atomic mass is 16.5. The van der Waals surface area contributed by atoms with Gasteiger partial charge in [0.05, 0.1) is 12.6 Å². The van der Waals surface area contributed by atoms with Gasteiger partial charge < -0.3 is 25.4 Å². The lowest BCUT2D eigenvalue weighted by Gasteiger charge is -2.25. The van der Waals surface area contributed by atoms with E-state index in [9.17, 15) is 24.3 Å². The van der Waals surface area contributed by atoms with Crippen LogP contribution in [0.3, 0.4) is 0 Å². The number of nitrogens with one attached hydrogen (secondary N) is 3. The zero-order valence-corrected chi connectivity index (χ0v) is 17.1. The summed E-state index contributed by atoms with van der Waals surface area (Å²) in [5, 5.41) is 16.9. The first-order valence-corrected chi connectivity index (χ1v) is 9.75. The van der Waals surface area contributed by atoms with Gasteiger partial charge in [0.2, 0.25) is 11.8 Å². The summed E-state index contributed by atoms with van der Waals surface area (Å²) < 4.78 is 5.18. The highest BCUT2D eigenvalue weighted by Gasteiger charge is 2.30. The fourth-order valence-corrected chi connectivity index (χ4v) is 2.96. The third kappa shape index (κ3) is 7.36. The number of aliphatic hydroxyl groups excluding tert-OH is 1. The Kier molecular flexibility index (Phi) is 8.60. The number of rotatable bonds is 10. The van der Waals surface area contributed by atoms with E-state index in [0.717, 1.165) is 5.56 Å². The first-order chi connectivity index (χ1) is 14.3. The monoisotopic (exact) mass is 420 g/mol. The van der Waals surface area contributed by atoms with Crippen molar-refractivity contribution < 1.29 is 29.0 Å². The van der Waals surface area contributed by atoms with Crippen LogP contribution in [-0.4, -0.2) is 65.7 Å². The summed E-state index contributed by atoms with van der Waals surface area (Å²) >= 11 is 0. The molecule has 10 heteroatoms. The highest BCUT2D eigenvalue weighted by Crippen LogP contribution is 2.08. The van der Waals surface area contributed by atoms with E-state index in [4.69, 9.17) is 4.74 Å². The maximum Gasteiger partial charge on any atom is 0.408 e. The number of urea groups is 1. The molecule has 0 saturated carbocycles. The van der Waals surface area contributed by atoms with Gasteiger partial charge in [0, 0.05) is 6.54 Å². The van der Waals surface area contributed by atoms with Crippen molar-refractivity contribution in [2.24, 2.45) is 5.92 Å². The maximum atomic E-state index is 12.7. The van der Waals surface area contributed by atoms with Gasteiger partial charge in [-0.3, -0.25) is 14.9 Å². The van der Waals surface area contributed by atoms with Crippen molar-refractivity contribution in [3.8, 4) is 0 Å². The maximum absolute atomic E-state index is 12.7. The summed E-state index contributed by atoms with van der Waals surface area (Å²) in [6, 6.07) is 6.90. The number of carbonyl (C=O) groups excluding carboxylic acids is 4. The molecule has 164 valence electrons. The minimum Gasteiger partial charge on any atom is -0.445 e. The number of benzene rings is 1. The van der Waals surface area contributed by atoms with E-state index in [1.165, 1.54) is 4.90 Å². The lowest BCUT2D eigenvalue weighted by atomic mass is 10.0. The minimum atomic E-state index is -0.878. The molecule has 10 nitrogen and oxygen atoms in total. The summed E-state index contributed by atoms with van der Waals surface area (Å²) in [7, 11) is 0. The van der Waals surface area contributed by atoms with Gasteiger partial charge in [-0.1, -0.05) is 44.2 Å². The van der Waals surface area contributed by atoms with Gasteiger partial charge in [-0.2, -0.15) is 0 Å². The van der Waals surface area contributed by atoms with Crippen LogP contribution in [0.1, 0.15) is 25.8 Å². The molecule has 1 fully saturated rings. The second-order valence-corrected chi connectivity index (χ2v) is 7.51. The van der Waals surface area contributed by atoms with Crippen LogP contribution in [0.4, 0.5) is 9.59 Å². The standard InChI is InChI=1S/C20H28N4O6/c1-13(2)8-16(22-20(29)30-12-14-6-4-3-5-7-14)18(27)21-15(11-25)9-24-10-17(26)23-19(24)28/h3-7,13,15-16,25H,8-12H2,1-2H3,(H,21,27)(H,22,29)(H,23,26,28).